The predicted octanol–water partition coefficient (Wildman–Crippen LogP) is 1.77. The summed E-state index contributed by atoms with van der Waals surface area (Å²) in [6.07, 6.45) is 3.54. The van der Waals surface area contributed by atoms with E-state index in [1.165, 1.54) is 24.1 Å². The van der Waals surface area contributed by atoms with Crippen LogP contribution in [0.2, 0.25) is 0 Å². The van der Waals surface area contributed by atoms with Gasteiger partial charge in [0, 0.05) is 11.7 Å². The third-order valence-corrected chi connectivity index (χ3v) is 3.32. The molecule has 0 amide bonds. The van der Waals surface area contributed by atoms with Crippen molar-refractivity contribution < 1.29 is 4.74 Å². The van der Waals surface area contributed by atoms with Crippen LogP contribution >= 0.6 is 0 Å². The lowest BCUT2D eigenvalue weighted by Crippen LogP contribution is -2.18. The molecule has 4 nitrogen and oxygen atoms in total. The van der Waals surface area contributed by atoms with Gasteiger partial charge >= 0.3 is 0 Å². The largest absolute Gasteiger partial charge is 0.359 e. The lowest BCUT2D eigenvalue weighted by molar-refractivity contribution is 0.0597. The summed E-state index contributed by atoms with van der Waals surface area (Å²) >= 11 is 0. The van der Waals surface area contributed by atoms with Crippen molar-refractivity contribution in [2.45, 2.75) is 52.8 Å². The molecule has 0 bridgehead atoms. The van der Waals surface area contributed by atoms with Crippen molar-refractivity contribution in [3.05, 3.63) is 17.0 Å². The third kappa shape index (κ3) is 3.30. The van der Waals surface area contributed by atoms with Crippen LogP contribution in [0.15, 0.2) is 0 Å². The van der Waals surface area contributed by atoms with Gasteiger partial charge in [0.05, 0.1) is 12.3 Å². The van der Waals surface area contributed by atoms with Gasteiger partial charge in [0.15, 0.2) is 0 Å². The number of aromatic nitrogens is 2. The molecule has 4 heteroatoms. The van der Waals surface area contributed by atoms with Gasteiger partial charge in [0.1, 0.15) is 6.73 Å². The van der Waals surface area contributed by atoms with E-state index >= 15 is 0 Å². The first-order chi connectivity index (χ1) is 8.08. The van der Waals surface area contributed by atoms with Gasteiger partial charge in [-0.2, -0.15) is 5.10 Å². The molecule has 1 aliphatic carbocycles. The zero-order valence-electron chi connectivity index (χ0n) is 11.1. The van der Waals surface area contributed by atoms with Crippen molar-refractivity contribution >= 4 is 0 Å². The molecule has 1 fully saturated rings. The Bertz CT molecular complexity index is 380. The fourth-order valence-electron chi connectivity index (χ4n) is 2.07. The van der Waals surface area contributed by atoms with Crippen LogP contribution in [-0.4, -0.2) is 22.4 Å². The summed E-state index contributed by atoms with van der Waals surface area (Å²) in [6, 6.07) is 0.178. The van der Waals surface area contributed by atoms with Gasteiger partial charge in [-0.1, -0.05) is 0 Å². The summed E-state index contributed by atoms with van der Waals surface area (Å²) in [5.74, 6) is 0.801. The molecule has 17 heavy (non-hydrogen) atoms. The predicted molar refractivity (Wildman–Crippen MR) is 67.7 cm³/mol. The smallest absolute Gasteiger partial charge is 0.139 e. The second-order valence-corrected chi connectivity index (χ2v) is 5.27. The molecule has 0 radical (unpaired) electrons. The zero-order chi connectivity index (χ0) is 12.4. The average molecular weight is 237 g/mol. The second kappa shape index (κ2) is 5.19. The van der Waals surface area contributed by atoms with Crippen LogP contribution < -0.4 is 5.73 Å². The summed E-state index contributed by atoms with van der Waals surface area (Å²) in [7, 11) is 0. The van der Waals surface area contributed by atoms with E-state index in [1.54, 1.807) is 0 Å². The molecule has 0 spiro atoms. The van der Waals surface area contributed by atoms with E-state index in [0.29, 0.717) is 6.73 Å². The van der Waals surface area contributed by atoms with Crippen LogP contribution in [0, 0.1) is 19.8 Å². The highest BCUT2D eigenvalue weighted by atomic mass is 16.5. The zero-order valence-corrected chi connectivity index (χ0v) is 11.1. The van der Waals surface area contributed by atoms with Crippen LogP contribution in [0.5, 0.6) is 0 Å². The molecule has 0 saturated heterocycles. The van der Waals surface area contributed by atoms with Gasteiger partial charge < -0.3 is 10.5 Å². The second-order valence-electron chi connectivity index (χ2n) is 5.27. The average Bonchev–Trinajstić information content (AvgIpc) is 3.03. The quantitative estimate of drug-likeness (QED) is 0.820. The Morgan fingerprint density at radius 3 is 2.76 bits per heavy atom. The lowest BCUT2D eigenvalue weighted by Gasteiger charge is -2.07. The first kappa shape index (κ1) is 12.6. The van der Waals surface area contributed by atoms with Gasteiger partial charge in [-0.3, -0.25) is 0 Å². The van der Waals surface area contributed by atoms with E-state index < -0.39 is 0 Å². The molecule has 2 rings (SSSR count). The van der Waals surface area contributed by atoms with Gasteiger partial charge in [-0.15, -0.1) is 0 Å². The van der Waals surface area contributed by atoms with Gasteiger partial charge in [-0.25, -0.2) is 4.68 Å². The van der Waals surface area contributed by atoms with Crippen LogP contribution in [0.3, 0.4) is 0 Å². The van der Waals surface area contributed by atoms with Crippen molar-refractivity contribution in [1.29, 1.82) is 0 Å². The summed E-state index contributed by atoms with van der Waals surface area (Å²) in [6.45, 7) is 7.61. The minimum absolute atomic E-state index is 0.178. The molecular formula is C13H23N3O. The van der Waals surface area contributed by atoms with E-state index in [-0.39, 0.29) is 6.04 Å². The minimum Gasteiger partial charge on any atom is -0.359 e. The molecular weight excluding hydrogens is 214 g/mol. The first-order valence-electron chi connectivity index (χ1n) is 6.44. The molecule has 1 aromatic heterocycles. The Morgan fingerprint density at radius 1 is 1.47 bits per heavy atom. The topological polar surface area (TPSA) is 53.1 Å². The van der Waals surface area contributed by atoms with Crippen molar-refractivity contribution in [2.75, 3.05) is 6.61 Å². The van der Waals surface area contributed by atoms with Crippen LogP contribution in [0.25, 0.3) is 0 Å². The summed E-state index contributed by atoms with van der Waals surface area (Å²) < 4.78 is 7.62. The van der Waals surface area contributed by atoms with E-state index in [1.807, 2.05) is 18.5 Å². The summed E-state index contributed by atoms with van der Waals surface area (Å²) in [5, 5.41) is 4.52. The Labute approximate surface area is 103 Å². The minimum atomic E-state index is 0.178. The maximum Gasteiger partial charge on any atom is 0.139 e. The molecule has 1 aliphatic rings. The number of ether oxygens (including phenoxy) is 1. The number of hydrogen-bond acceptors (Lipinski definition) is 3. The highest BCUT2D eigenvalue weighted by molar-refractivity contribution is 5.25. The van der Waals surface area contributed by atoms with Crippen molar-refractivity contribution in [2.24, 2.45) is 11.7 Å². The number of nitrogens with zero attached hydrogens (tertiary/aromatic N) is 2. The van der Waals surface area contributed by atoms with Crippen molar-refractivity contribution in [3.63, 3.8) is 0 Å². The standard InChI is InChI=1S/C13H23N3O/c1-9(14)6-13-10(2)15-16(11(13)3)8-17-7-12-4-5-12/h9,12H,4-8,14H2,1-3H3. The Kier molecular flexibility index (Phi) is 3.84. The molecule has 96 valence electrons. The van der Waals surface area contributed by atoms with Gasteiger partial charge in [0.2, 0.25) is 0 Å². The fraction of sp³-hybridized carbons (Fsp3) is 0.769. The normalized spacial score (nSPS) is 17.4. The maximum atomic E-state index is 5.85. The first-order valence-corrected chi connectivity index (χ1v) is 6.44. The maximum absolute atomic E-state index is 5.85. The lowest BCUT2D eigenvalue weighted by atomic mass is 10.1. The third-order valence-electron chi connectivity index (χ3n) is 3.32. The molecule has 1 atom stereocenters. The van der Waals surface area contributed by atoms with Crippen molar-refractivity contribution in [3.8, 4) is 0 Å². The van der Waals surface area contributed by atoms with Crippen LogP contribution in [0.1, 0.15) is 36.7 Å². The van der Waals surface area contributed by atoms with Crippen LogP contribution in [-0.2, 0) is 17.9 Å². The van der Waals surface area contributed by atoms with Crippen molar-refractivity contribution in [1.82, 2.24) is 9.78 Å². The van der Waals surface area contributed by atoms with Gasteiger partial charge in [0.25, 0.3) is 0 Å². The van der Waals surface area contributed by atoms with E-state index in [9.17, 15) is 0 Å². The van der Waals surface area contributed by atoms with E-state index in [2.05, 4.69) is 12.0 Å². The van der Waals surface area contributed by atoms with Gasteiger partial charge in [-0.05, 0) is 51.5 Å². The number of hydrogen-bond donors (Lipinski definition) is 1. The Morgan fingerprint density at radius 2 is 2.18 bits per heavy atom. The van der Waals surface area contributed by atoms with E-state index in [4.69, 9.17) is 10.5 Å². The summed E-state index contributed by atoms with van der Waals surface area (Å²) in [5.41, 5.74) is 9.39. The van der Waals surface area contributed by atoms with Crippen LogP contribution in [0.4, 0.5) is 0 Å². The Balaban J connectivity index is 1.96. The summed E-state index contributed by atoms with van der Waals surface area (Å²) in [4.78, 5) is 0. The molecule has 1 saturated carbocycles. The number of rotatable bonds is 6. The highest BCUT2D eigenvalue weighted by Crippen LogP contribution is 2.28. The molecule has 2 N–H and O–H groups in total. The molecule has 1 aromatic rings. The number of nitrogens with two attached hydrogens (primary N) is 1. The number of aryl methyl sites for hydroxylation is 1. The fourth-order valence-corrected chi connectivity index (χ4v) is 2.07. The molecule has 0 aromatic carbocycles. The Hall–Kier alpha value is -0.870. The highest BCUT2D eigenvalue weighted by Gasteiger charge is 2.21. The molecule has 1 heterocycles. The SMILES string of the molecule is Cc1nn(COCC2CC2)c(C)c1CC(C)N. The monoisotopic (exact) mass is 237 g/mol. The molecule has 0 aliphatic heterocycles. The van der Waals surface area contributed by atoms with E-state index in [0.717, 1.165) is 24.6 Å². The molecule has 1 unspecified atom stereocenters.